The normalized spacial score (nSPS) is 16.9. The van der Waals surface area contributed by atoms with Crippen molar-refractivity contribution in [3.8, 4) is 0 Å². The zero-order valence-electron chi connectivity index (χ0n) is 15.1. The van der Waals surface area contributed by atoms with Crippen molar-refractivity contribution in [3.05, 3.63) is 68.6 Å². The Hall–Kier alpha value is -2.56. The molecule has 1 aromatic carbocycles. The molecule has 1 fully saturated rings. The van der Waals surface area contributed by atoms with Crippen molar-refractivity contribution < 1.29 is 4.79 Å². The molecule has 2 amide bonds. The Morgan fingerprint density at radius 1 is 1.24 bits per heavy atom. The second kappa shape index (κ2) is 7.13. The number of hydrogen-bond acceptors (Lipinski definition) is 2. The largest absolute Gasteiger partial charge is 0.334 e. The monoisotopic (exact) mass is 339 g/mol. The molecule has 1 atom stereocenters. The van der Waals surface area contributed by atoms with E-state index in [2.05, 4.69) is 41.5 Å². The van der Waals surface area contributed by atoms with Crippen molar-refractivity contribution in [2.45, 2.75) is 46.2 Å². The summed E-state index contributed by atoms with van der Waals surface area (Å²) >= 11 is 0. The Bertz CT molecular complexity index is 824. The van der Waals surface area contributed by atoms with E-state index in [0.29, 0.717) is 5.56 Å². The summed E-state index contributed by atoms with van der Waals surface area (Å²) < 4.78 is 0. The van der Waals surface area contributed by atoms with Gasteiger partial charge in [-0.3, -0.25) is 4.79 Å². The van der Waals surface area contributed by atoms with Crippen LogP contribution in [0, 0.1) is 20.8 Å². The van der Waals surface area contributed by atoms with Crippen LogP contribution in [0.3, 0.4) is 0 Å². The SMILES string of the molecule is Cc1ccc(C2CCCN2C(=O)NCc2c(C)cc(C)[nH]c2=O)cc1. The van der Waals surface area contributed by atoms with Gasteiger partial charge in [0.2, 0.25) is 0 Å². The van der Waals surface area contributed by atoms with Gasteiger partial charge in [-0.05, 0) is 50.8 Å². The quantitative estimate of drug-likeness (QED) is 0.901. The molecule has 25 heavy (non-hydrogen) atoms. The molecule has 2 N–H and O–H groups in total. The number of aryl methyl sites for hydroxylation is 3. The van der Waals surface area contributed by atoms with Gasteiger partial charge in [-0.15, -0.1) is 0 Å². The van der Waals surface area contributed by atoms with Gasteiger partial charge in [0, 0.05) is 17.8 Å². The van der Waals surface area contributed by atoms with Gasteiger partial charge >= 0.3 is 6.03 Å². The highest BCUT2D eigenvalue weighted by Gasteiger charge is 2.29. The Morgan fingerprint density at radius 2 is 1.96 bits per heavy atom. The van der Waals surface area contributed by atoms with E-state index in [-0.39, 0.29) is 24.2 Å². The molecular weight excluding hydrogens is 314 g/mol. The molecule has 5 heteroatoms. The summed E-state index contributed by atoms with van der Waals surface area (Å²) in [4.78, 5) is 29.4. The molecule has 2 heterocycles. The van der Waals surface area contributed by atoms with Crippen LogP contribution in [-0.4, -0.2) is 22.5 Å². The number of likely N-dealkylation sites (tertiary alicyclic amines) is 1. The summed E-state index contributed by atoms with van der Waals surface area (Å²) in [6, 6.07) is 10.3. The van der Waals surface area contributed by atoms with Crippen molar-refractivity contribution in [3.63, 3.8) is 0 Å². The number of aromatic nitrogens is 1. The van der Waals surface area contributed by atoms with Crippen molar-refractivity contribution >= 4 is 6.03 Å². The maximum absolute atomic E-state index is 12.7. The Kier molecular flexibility index (Phi) is 4.93. The lowest BCUT2D eigenvalue weighted by Gasteiger charge is -2.25. The Balaban J connectivity index is 1.70. The third-order valence-corrected chi connectivity index (χ3v) is 4.89. The number of urea groups is 1. The molecule has 5 nitrogen and oxygen atoms in total. The molecule has 1 aliphatic rings. The van der Waals surface area contributed by atoms with E-state index in [0.717, 1.165) is 30.6 Å². The number of benzene rings is 1. The summed E-state index contributed by atoms with van der Waals surface area (Å²) in [6.07, 6.45) is 1.97. The molecule has 1 unspecified atom stereocenters. The van der Waals surface area contributed by atoms with Gasteiger partial charge in [-0.2, -0.15) is 0 Å². The standard InChI is InChI=1S/C20H25N3O2/c1-13-6-8-16(9-7-13)18-5-4-10-23(18)20(25)21-12-17-14(2)11-15(3)22-19(17)24/h6-9,11,18H,4-5,10,12H2,1-3H3,(H,21,25)(H,22,24). The predicted octanol–water partition coefficient (Wildman–Crippen LogP) is 3.35. The lowest BCUT2D eigenvalue weighted by Crippen LogP contribution is -2.40. The topological polar surface area (TPSA) is 65.2 Å². The maximum atomic E-state index is 12.7. The van der Waals surface area contributed by atoms with Gasteiger partial charge in [-0.1, -0.05) is 29.8 Å². The van der Waals surface area contributed by atoms with E-state index < -0.39 is 0 Å². The van der Waals surface area contributed by atoms with E-state index in [9.17, 15) is 9.59 Å². The van der Waals surface area contributed by atoms with Gasteiger partial charge in [0.1, 0.15) is 0 Å². The minimum Gasteiger partial charge on any atom is -0.334 e. The fourth-order valence-electron chi connectivity index (χ4n) is 3.51. The van der Waals surface area contributed by atoms with Crippen LogP contribution in [0.15, 0.2) is 35.1 Å². The van der Waals surface area contributed by atoms with Crippen molar-refractivity contribution in [2.24, 2.45) is 0 Å². The zero-order chi connectivity index (χ0) is 18.0. The van der Waals surface area contributed by atoms with Crippen LogP contribution in [0.1, 0.15) is 46.8 Å². The first kappa shape index (κ1) is 17.3. The van der Waals surface area contributed by atoms with Crippen LogP contribution < -0.4 is 10.9 Å². The van der Waals surface area contributed by atoms with Crippen molar-refractivity contribution in [2.75, 3.05) is 6.54 Å². The Labute approximate surface area is 148 Å². The van der Waals surface area contributed by atoms with Crippen LogP contribution in [0.25, 0.3) is 0 Å². The fraction of sp³-hybridized carbons (Fsp3) is 0.400. The predicted molar refractivity (Wildman–Crippen MR) is 98.6 cm³/mol. The van der Waals surface area contributed by atoms with Gasteiger partial charge < -0.3 is 15.2 Å². The number of carbonyl (C=O) groups excluding carboxylic acids is 1. The first-order valence-corrected chi connectivity index (χ1v) is 8.76. The Morgan fingerprint density at radius 3 is 2.64 bits per heavy atom. The first-order chi connectivity index (χ1) is 12.0. The molecular formula is C20H25N3O2. The number of rotatable bonds is 3. The van der Waals surface area contributed by atoms with E-state index in [1.165, 1.54) is 11.1 Å². The number of amides is 2. The molecule has 0 bridgehead atoms. The molecule has 132 valence electrons. The molecule has 1 aromatic heterocycles. The molecule has 0 radical (unpaired) electrons. The van der Waals surface area contributed by atoms with Crippen molar-refractivity contribution in [1.82, 2.24) is 15.2 Å². The lowest BCUT2D eigenvalue weighted by molar-refractivity contribution is 0.192. The van der Waals surface area contributed by atoms with Crippen LogP contribution in [0.4, 0.5) is 4.79 Å². The minimum absolute atomic E-state index is 0.109. The van der Waals surface area contributed by atoms with Crippen molar-refractivity contribution in [1.29, 1.82) is 0 Å². The number of H-pyrrole nitrogens is 1. The number of pyridine rings is 1. The number of hydrogen-bond donors (Lipinski definition) is 2. The zero-order valence-corrected chi connectivity index (χ0v) is 15.1. The van der Waals surface area contributed by atoms with Gasteiger partial charge in [-0.25, -0.2) is 4.79 Å². The molecule has 0 spiro atoms. The molecule has 2 aromatic rings. The van der Waals surface area contributed by atoms with Gasteiger partial charge in [0.05, 0.1) is 12.6 Å². The van der Waals surface area contributed by atoms with E-state index in [1.54, 1.807) is 0 Å². The highest BCUT2D eigenvalue weighted by Crippen LogP contribution is 2.31. The second-order valence-corrected chi connectivity index (χ2v) is 6.86. The summed E-state index contributed by atoms with van der Waals surface area (Å²) in [5.74, 6) is 0. The van der Waals surface area contributed by atoms with Gasteiger partial charge in [0.25, 0.3) is 5.56 Å². The minimum atomic E-state index is -0.130. The molecule has 0 saturated carbocycles. The van der Waals surface area contributed by atoms with Crippen LogP contribution >= 0.6 is 0 Å². The third-order valence-electron chi connectivity index (χ3n) is 4.89. The highest BCUT2D eigenvalue weighted by atomic mass is 16.2. The number of aromatic amines is 1. The maximum Gasteiger partial charge on any atom is 0.318 e. The van der Waals surface area contributed by atoms with Crippen LogP contribution in [0.2, 0.25) is 0 Å². The number of nitrogens with one attached hydrogen (secondary N) is 2. The molecule has 3 rings (SSSR count). The summed E-state index contributed by atoms with van der Waals surface area (Å²) in [5, 5.41) is 2.92. The highest BCUT2D eigenvalue weighted by molar-refractivity contribution is 5.75. The van der Waals surface area contributed by atoms with E-state index >= 15 is 0 Å². The molecule has 1 aliphatic heterocycles. The average molecular weight is 339 g/mol. The van der Waals surface area contributed by atoms with Crippen LogP contribution in [-0.2, 0) is 6.54 Å². The fourth-order valence-corrected chi connectivity index (χ4v) is 3.51. The van der Waals surface area contributed by atoms with Gasteiger partial charge in [0.15, 0.2) is 0 Å². The van der Waals surface area contributed by atoms with E-state index in [1.807, 2.05) is 24.8 Å². The van der Waals surface area contributed by atoms with E-state index in [4.69, 9.17) is 0 Å². The average Bonchev–Trinajstić information content (AvgIpc) is 3.04. The first-order valence-electron chi connectivity index (χ1n) is 8.76. The number of nitrogens with zero attached hydrogens (tertiary/aromatic N) is 1. The smallest absolute Gasteiger partial charge is 0.318 e. The second-order valence-electron chi connectivity index (χ2n) is 6.86. The third kappa shape index (κ3) is 3.76. The molecule has 0 aliphatic carbocycles. The molecule has 1 saturated heterocycles. The lowest BCUT2D eigenvalue weighted by atomic mass is 10.0. The summed E-state index contributed by atoms with van der Waals surface area (Å²) in [5.41, 5.74) is 4.60. The summed E-state index contributed by atoms with van der Waals surface area (Å²) in [6.45, 7) is 6.80. The van der Waals surface area contributed by atoms with Crippen LogP contribution in [0.5, 0.6) is 0 Å². The summed E-state index contributed by atoms with van der Waals surface area (Å²) in [7, 11) is 0. The number of carbonyl (C=O) groups is 1.